The SMILES string of the molecule is CC=CC(=O)OC12CCC(C1)C1CCCC12OC(=O)C=CC. The Bertz CT molecular complexity index is 535. The Morgan fingerprint density at radius 2 is 1.68 bits per heavy atom. The number of fused-ring (bicyclic) bond motifs is 5. The van der Waals surface area contributed by atoms with E-state index >= 15 is 0 Å². The molecule has 3 rings (SSSR count). The minimum Gasteiger partial charge on any atom is -0.452 e. The monoisotopic (exact) mass is 304 g/mol. The molecule has 4 unspecified atom stereocenters. The van der Waals surface area contributed by atoms with E-state index in [0.717, 1.165) is 38.5 Å². The summed E-state index contributed by atoms with van der Waals surface area (Å²) in [7, 11) is 0. The maximum atomic E-state index is 12.1. The van der Waals surface area contributed by atoms with Gasteiger partial charge in [-0.15, -0.1) is 0 Å². The van der Waals surface area contributed by atoms with Crippen molar-refractivity contribution >= 4 is 11.9 Å². The number of ether oxygens (including phenoxy) is 2. The zero-order valence-electron chi connectivity index (χ0n) is 13.3. The van der Waals surface area contributed by atoms with Gasteiger partial charge < -0.3 is 9.47 Å². The zero-order chi connectivity index (χ0) is 15.8. The summed E-state index contributed by atoms with van der Waals surface area (Å²) in [5.74, 6) is 0.216. The van der Waals surface area contributed by atoms with Crippen LogP contribution in [0.25, 0.3) is 0 Å². The van der Waals surface area contributed by atoms with Crippen LogP contribution in [0.3, 0.4) is 0 Å². The molecule has 4 heteroatoms. The first kappa shape index (κ1) is 15.3. The first-order valence-corrected chi connectivity index (χ1v) is 8.28. The van der Waals surface area contributed by atoms with E-state index in [1.165, 1.54) is 12.2 Å². The van der Waals surface area contributed by atoms with Crippen LogP contribution in [-0.2, 0) is 19.1 Å². The van der Waals surface area contributed by atoms with Gasteiger partial charge in [0.05, 0.1) is 0 Å². The van der Waals surface area contributed by atoms with Crippen LogP contribution in [0, 0.1) is 11.8 Å². The van der Waals surface area contributed by atoms with E-state index < -0.39 is 11.2 Å². The van der Waals surface area contributed by atoms with E-state index in [1.54, 1.807) is 26.0 Å². The van der Waals surface area contributed by atoms with Gasteiger partial charge in [0, 0.05) is 18.1 Å². The summed E-state index contributed by atoms with van der Waals surface area (Å²) in [6, 6.07) is 0. The second kappa shape index (κ2) is 5.56. The molecule has 3 aliphatic rings. The Kier molecular flexibility index (Phi) is 3.87. The molecule has 0 aliphatic heterocycles. The highest BCUT2D eigenvalue weighted by Crippen LogP contribution is 2.66. The predicted molar refractivity (Wildman–Crippen MR) is 82.0 cm³/mol. The van der Waals surface area contributed by atoms with Gasteiger partial charge in [0.2, 0.25) is 0 Å². The van der Waals surface area contributed by atoms with Gasteiger partial charge in [-0.1, -0.05) is 12.2 Å². The molecule has 0 radical (unpaired) electrons. The number of allylic oxidation sites excluding steroid dienone is 2. The van der Waals surface area contributed by atoms with E-state index in [9.17, 15) is 9.59 Å². The third-order valence-electron chi connectivity index (χ3n) is 5.70. The average molecular weight is 304 g/mol. The molecule has 0 aromatic rings. The Hall–Kier alpha value is -1.58. The lowest BCUT2D eigenvalue weighted by atomic mass is 9.74. The van der Waals surface area contributed by atoms with Gasteiger partial charge >= 0.3 is 11.9 Å². The van der Waals surface area contributed by atoms with Crippen LogP contribution in [0.4, 0.5) is 0 Å². The van der Waals surface area contributed by atoms with Crippen LogP contribution in [0.15, 0.2) is 24.3 Å². The van der Waals surface area contributed by atoms with E-state index in [1.807, 2.05) is 0 Å². The fourth-order valence-electron chi connectivity index (χ4n) is 5.07. The topological polar surface area (TPSA) is 52.6 Å². The van der Waals surface area contributed by atoms with Gasteiger partial charge in [-0.05, 0) is 58.3 Å². The van der Waals surface area contributed by atoms with Crippen molar-refractivity contribution in [3.8, 4) is 0 Å². The quantitative estimate of drug-likeness (QED) is 0.590. The summed E-state index contributed by atoms with van der Waals surface area (Å²) < 4.78 is 11.9. The summed E-state index contributed by atoms with van der Waals surface area (Å²) in [5, 5.41) is 0. The number of carbonyl (C=O) groups excluding carboxylic acids is 2. The third-order valence-corrected chi connectivity index (χ3v) is 5.70. The Morgan fingerprint density at radius 3 is 2.36 bits per heavy atom. The molecule has 0 spiro atoms. The smallest absolute Gasteiger partial charge is 0.331 e. The second-order valence-corrected chi connectivity index (χ2v) is 6.73. The first-order valence-electron chi connectivity index (χ1n) is 8.28. The Labute approximate surface area is 131 Å². The van der Waals surface area contributed by atoms with Gasteiger partial charge in [0.15, 0.2) is 11.2 Å². The average Bonchev–Trinajstić information content (AvgIpc) is 3.09. The molecule has 0 heterocycles. The van der Waals surface area contributed by atoms with Crippen molar-refractivity contribution in [2.45, 2.75) is 63.6 Å². The molecule has 4 nitrogen and oxygen atoms in total. The highest BCUT2D eigenvalue weighted by atomic mass is 16.6. The molecular formula is C18H24O4. The second-order valence-electron chi connectivity index (χ2n) is 6.73. The molecule has 120 valence electrons. The fraction of sp³-hybridized carbons (Fsp3) is 0.667. The van der Waals surface area contributed by atoms with Crippen molar-refractivity contribution in [3.63, 3.8) is 0 Å². The minimum absolute atomic E-state index is 0.316. The maximum Gasteiger partial charge on any atom is 0.331 e. The van der Waals surface area contributed by atoms with Crippen molar-refractivity contribution in [3.05, 3.63) is 24.3 Å². The minimum atomic E-state index is -0.618. The van der Waals surface area contributed by atoms with Gasteiger partial charge in [-0.2, -0.15) is 0 Å². The molecule has 0 saturated heterocycles. The maximum absolute atomic E-state index is 12.1. The summed E-state index contributed by atoms with van der Waals surface area (Å²) in [6.07, 6.45) is 11.9. The zero-order valence-corrected chi connectivity index (χ0v) is 13.3. The molecule has 22 heavy (non-hydrogen) atoms. The lowest BCUT2D eigenvalue weighted by molar-refractivity contribution is -0.209. The molecule has 0 amide bonds. The molecule has 0 aromatic heterocycles. The number of hydrogen-bond donors (Lipinski definition) is 0. The van der Waals surface area contributed by atoms with E-state index in [2.05, 4.69) is 0 Å². The van der Waals surface area contributed by atoms with Gasteiger partial charge in [0.25, 0.3) is 0 Å². The summed E-state index contributed by atoms with van der Waals surface area (Å²) >= 11 is 0. The summed E-state index contributed by atoms with van der Waals surface area (Å²) in [5.41, 5.74) is -1.23. The van der Waals surface area contributed by atoms with E-state index in [4.69, 9.17) is 9.47 Å². The first-order chi connectivity index (χ1) is 10.6. The van der Waals surface area contributed by atoms with Gasteiger partial charge in [0.1, 0.15) is 0 Å². The predicted octanol–water partition coefficient (Wildman–Crippen LogP) is 3.32. The highest BCUT2D eigenvalue weighted by molar-refractivity contribution is 5.83. The van der Waals surface area contributed by atoms with E-state index in [-0.39, 0.29) is 11.9 Å². The van der Waals surface area contributed by atoms with Crippen LogP contribution >= 0.6 is 0 Å². The number of rotatable bonds is 4. The normalized spacial score (nSPS) is 39.5. The lowest BCUT2D eigenvalue weighted by Gasteiger charge is -2.45. The van der Waals surface area contributed by atoms with Crippen LogP contribution in [0.2, 0.25) is 0 Å². The van der Waals surface area contributed by atoms with Crippen molar-refractivity contribution in [2.24, 2.45) is 11.8 Å². The molecule has 3 saturated carbocycles. The molecule has 3 aliphatic carbocycles. The summed E-state index contributed by atoms with van der Waals surface area (Å²) in [4.78, 5) is 24.2. The number of esters is 2. The van der Waals surface area contributed by atoms with Crippen LogP contribution < -0.4 is 0 Å². The van der Waals surface area contributed by atoms with Gasteiger partial charge in [-0.3, -0.25) is 0 Å². The van der Waals surface area contributed by atoms with Crippen LogP contribution in [0.1, 0.15) is 52.4 Å². The Morgan fingerprint density at radius 1 is 1.00 bits per heavy atom. The van der Waals surface area contributed by atoms with Crippen molar-refractivity contribution < 1.29 is 19.1 Å². The van der Waals surface area contributed by atoms with Crippen molar-refractivity contribution in [2.75, 3.05) is 0 Å². The third kappa shape index (κ3) is 2.11. The molecular weight excluding hydrogens is 280 g/mol. The standard InChI is InChI=1S/C18H24O4/c1-3-6-15(19)21-17-11-9-13(12-17)14-8-5-10-18(14,17)22-16(20)7-4-2/h3-4,6-7,13-14H,5,8-12H2,1-2H3. The molecule has 3 fully saturated rings. The molecule has 0 N–H and O–H groups in total. The number of hydrogen-bond acceptors (Lipinski definition) is 4. The fourth-order valence-corrected chi connectivity index (χ4v) is 5.07. The molecule has 4 atom stereocenters. The highest BCUT2D eigenvalue weighted by Gasteiger charge is 2.73. The number of carbonyl (C=O) groups is 2. The van der Waals surface area contributed by atoms with Crippen molar-refractivity contribution in [1.29, 1.82) is 0 Å². The Balaban J connectivity index is 1.92. The van der Waals surface area contributed by atoms with E-state index in [0.29, 0.717) is 11.8 Å². The lowest BCUT2D eigenvalue weighted by Crippen LogP contribution is -2.57. The summed E-state index contributed by atoms with van der Waals surface area (Å²) in [6.45, 7) is 3.60. The molecule has 0 aromatic carbocycles. The van der Waals surface area contributed by atoms with Gasteiger partial charge in [-0.25, -0.2) is 9.59 Å². The largest absolute Gasteiger partial charge is 0.452 e. The van der Waals surface area contributed by atoms with Crippen LogP contribution in [-0.4, -0.2) is 23.1 Å². The van der Waals surface area contributed by atoms with Crippen molar-refractivity contribution in [1.82, 2.24) is 0 Å². The van der Waals surface area contributed by atoms with Crippen LogP contribution in [0.5, 0.6) is 0 Å². The molecule has 2 bridgehead atoms.